The van der Waals surface area contributed by atoms with Gasteiger partial charge in [-0.2, -0.15) is 0 Å². The molecule has 1 aliphatic heterocycles. The van der Waals surface area contributed by atoms with Crippen molar-refractivity contribution >= 4 is 17.5 Å². The van der Waals surface area contributed by atoms with Crippen LogP contribution >= 0.6 is 0 Å². The van der Waals surface area contributed by atoms with Gasteiger partial charge in [0.15, 0.2) is 6.10 Å². The highest BCUT2D eigenvalue weighted by Crippen LogP contribution is 2.23. The summed E-state index contributed by atoms with van der Waals surface area (Å²) in [6, 6.07) is 15.7. The molecule has 154 valence electrons. The predicted molar refractivity (Wildman–Crippen MR) is 115 cm³/mol. The molecule has 1 unspecified atom stereocenters. The number of hydrogen-bond acceptors (Lipinski definition) is 3. The first-order chi connectivity index (χ1) is 13.9. The van der Waals surface area contributed by atoms with E-state index in [2.05, 4.69) is 25.2 Å². The molecule has 0 spiro atoms. The van der Waals surface area contributed by atoms with Gasteiger partial charge in [0.25, 0.3) is 5.91 Å². The van der Waals surface area contributed by atoms with E-state index in [1.165, 1.54) is 5.56 Å². The van der Waals surface area contributed by atoms with Gasteiger partial charge in [-0.05, 0) is 61.1 Å². The average molecular weight is 395 g/mol. The van der Waals surface area contributed by atoms with Crippen molar-refractivity contribution in [3.05, 3.63) is 59.7 Å². The molecular formula is C24H30N2O3. The molecule has 0 bridgehead atoms. The van der Waals surface area contributed by atoms with Gasteiger partial charge < -0.3 is 15.0 Å². The number of rotatable bonds is 7. The summed E-state index contributed by atoms with van der Waals surface area (Å²) in [7, 11) is 0. The lowest BCUT2D eigenvalue weighted by Crippen LogP contribution is -2.36. The minimum Gasteiger partial charge on any atom is -0.481 e. The molecule has 1 saturated heterocycles. The SMILES string of the molecule is CC(Oc1cccc(C(C)C)c1)C(=O)NCc1cccc(N2CCCCC2=O)c1. The largest absolute Gasteiger partial charge is 0.481 e. The molecule has 5 heteroatoms. The topological polar surface area (TPSA) is 58.6 Å². The quantitative estimate of drug-likeness (QED) is 0.757. The number of carbonyl (C=O) groups excluding carboxylic acids is 2. The average Bonchev–Trinajstić information content (AvgIpc) is 2.72. The van der Waals surface area contributed by atoms with Crippen LogP contribution in [0, 0.1) is 0 Å². The van der Waals surface area contributed by atoms with Crippen LogP contribution in [0.4, 0.5) is 5.69 Å². The van der Waals surface area contributed by atoms with Gasteiger partial charge in [0.05, 0.1) is 0 Å². The third kappa shape index (κ3) is 5.59. The fourth-order valence-electron chi connectivity index (χ4n) is 3.45. The molecule has 1 atom stereocenters. The van der Waals surface area contributed by atoms with Gasteiger partial charge in [0.1, 0.15) is 5.75 Å². The molecule has 5 nitrogen and oxygen atoms in total. The summed E-state index contributed by atoms with van der Waals surface area (Å²) in [5, 5.41) is 2.93. The molecule has 0 aliphatic carbocycles. The van der Waals surface area contributed by atoms with Gasteiger partial charge in [-0.1, -0.05) is 38.1 Å². The van der Waals surface area contributed by atoms with E-state index in [1.807, 2.05) is 47.4 Å². The van der Waals surface area contributed by atoms with Crippen LogP contribution < -0.4 is 15.0 Å². The molecule has 0 radical (unpaired) electrons. The first-order valence-corrected chi connectivity index (χ1v) is 10.4. The Morgan fingerprint density at radius 2 is 1.90 bits per heavy atom. The van der Waals surface area contributed by atoms with Crippen molar-refractivity contribution < 1.29 is 14.3 Å². The van der Waals surface area contributed by atoms with Gasteiger partial charge in [-0.25, -0.2) is 0 Å². The third-order valence-electron chi connectivity index (χ3n) is 5.22. The van der Waals surface area contributed by atoms with Crippen LogP contribution in [0.2, 0.25) is 0 Å². The molecule has 3 rings (SSSR count). The second-order valence-corrected chi connectivity index (χ2v) is 7.88. The minimum absolute atomic E-state index is 0.167. The normalized spacial score (nSPS) is 15.3. The van der Waals surface area contributed by atoms with Gasteiger partial charge in [-0.15, -0.1) is 0 Å². The molecule has 2 aromatic carbocycles. The summed E-state index contributed by atoms with van der Waals surface area (Å²) in [6.07, 6.45) is 2.00. The van der Waals surface area contributed by atoms with Crippen LogP contribution in [-0.2, 0) is 16.1 Å². The van der Waals surface area contributed by atoms with Crippen LogP contribution in [0.25, 0.3) is 0 Å². The molecule has 0 saturated carbocycles. The van der Waals surface area contributed by atoms with Crippen molar-refractivity contribution in [3.8, 4) is 5.75 Å². The van der Waals surface area contributed by atoms with Gasteiger partial charge in [0, 0.05) is 25.2 Å². The molecular weight excluding hydrogens is 364 g/mol. The van der Waals surface area contributed by atoms with Crippen molar-refractivity contribution in [2.24, 2.45) is 0 Å². The number of nitrogens with zero attached hydrogens (tertiary/aromatic N) is 1. The molecule has 1 N–H and O–H groups in total. The van der Waals surface area contributed by atoms with E-state index in [9.17, 15) is 9.59 Å². The van der Waals surface area contributed by atoms with Gasteiger partial charge in [0.2, 0.25) is 5.91 Å². The number of anilines is 1. The van der Waals surface area contributed by atoms with Crippen molar-refractivity contribution in [2.45, 2.75) is 58.6 Å². The fourth-order valence-corrected chi connectivity index (χ4v) is 3.45. The summed E-state index contributed by atoms with van der Waals surface area (Å²) in [5.41, 5.74) is 3.04. The molecule has 0 aromatic heterocycles. The Bertz CT molecular complexity index is 863. The van der Waals surface area contributed by atoms with E-state index >= 15 is 0 Å². The Morgan fingerprint density at radius 3 is 2.66 bits per heavy atom. The fraction of sp³-hybridized carbons (Fsp3) is 0.417. The van der Waals surface area contributed by atoms with Crippen molar-refractivity contribution in [1.82, 2.24) is 5.32 Å². The Balaban J connectivity index is 1.57. The standard InChI is InChI=1S/C24H30N2O3/c1-17(2)20-9-7-11-22(15-20)29-18(3)24(28)25-16-19-8-6-10-21(14-19)26-13-5-4-12-23(26)27/h6-11,14-15,17-18H,4-5,12-13,16H2,1-3H3,(H,25,28). The zero-order valence-electron chi connectivity index (χ0n) is 17.5. The summed E-state index contributed by atoms with van der Waals surface area (Å²) in [5.74, 6) is 1.11. The maximum Gasteiger partial charge on any atom is 0.261 e. The number of ether oxygens (including phenoxy) is 1. The summed E-state index contributed by atoms with van der Waals surface area (Å²) in [6.45, 7) is 7.16. The van der Waals surface area contributed by atoms with E-state index in [4.69, 9.17) is 4.74 Å². The zero-order chi connectivity index (χ0) is 20.8. The second-order valence-electron chi connectivity index (χ2n) is 7.88. The smallest absolute Gasteiger partial charge is 0.261 e. The number of benzene rings is 2. The zero-order valence-corrected chi connectivity index (χ0v) is 17.5. The van der Waals surface area contributed by atoms with Crippen molar-refractivity contribution in [2.75, 3.05) is 11.4 Å². The summed E-state index contributed by atoms with van der Waals surface area (Å²) >= 11 is 0. The van der Waals surface area contributed by atoms with Crippen LogP contribution in [0.3, 0.4) is 0 Å². The lowest BCUT2D eigenvalue weighted by Gasteiger charge is -2.27. The highest BCUT2D eigenvalue weighted by Gasteiger charge is 2.20. The lowest BCUT2D eigenvalue weighted by atomic mass is 10.0. The van der Waals surface area contributed by atoms with E-state index in [0.717, 1.165) is 30.6 Å². The number of hydrogen-bond donors (Lipinski definition) is 1. The number of amides is 2. The third-order valence-corrected chi connectivity index (χ3v) is 5.22. The molecule has 1 fully saturated rings. The van der Waals surface area contributed by atoms with E-state index < -0.39 is 6.10 Å². The monoisotopic (exact) mass is 394 g/mol. The van der Waals surface area contributed by atoms with Crippen LogP contribution in [0.1, 0.15) is 57.1 Å². The molecule has 2 aromatic rings. The Kier molecular flexibility index (Phi) is 6.91. The number of nitrogens with one attached hydrogen (secondary N) is 1. The minimum atomic E-state index is -0.593. The molecule has 1 aliphatic rings. The predicted octanol–water partition coefficient (Wildman–Crippen LogP) is 4.41. The summed E-state index contributed by atoms with van der Waals surface area (Å²) < 4.78 is 5.82. The highest BCUT2D eigenvalue weighted by atomic mass is 16.5. The Hall–Kier alpha value is -2.82. The van der Waals surface area contributed by atoms with E-state index in [-0.39, 0.29) is 11.8 Å². The second kappa shape index (κ2) is 9.59. The first kappa shape index (κ1) is 20.9. The first-order valence-electron chi connectivity index (χ1n) is 10.4. The number of carbonyl (C=O) groups is 2. The van der Waals surface area contributed by atoms with Gasteiger partial charge >= 0.3 is 0 Å². The number of piperidine rings is 1. The van der Waals surface area contributed by atoms with E-state index in [0.29, 0.717) is 24.6 Å². The maximum atomic E-state index is 12.5. The maximum absolute atomic E-state index is 12.5. The molecule has 2 amide bonds. The van der Waals surface area contributed by atoms with Crippen LogP contribution in [-0.4, -0.2) is 24.5 Å². The van der Waals surface area contributed by atoms with Crippen molar-refractivity contribution in [3.63, 3.8) is 0 Å². The Morgan fingerprint density at radius 1 is 1.10 bits per heavy atom. The lowest BCUT2D eigenvalue weighted by molar-refractivity contribution is -0.127. The van der Waals surface area contributed by atoms with Gasteiger partial charge in [-0.3, -0.25) is 9.59 Å². The van der Waals surface area contributed by atoms with Crippen molar-refractivity contribution in [1.29, 1.82) is 0 Å². The molecule has 29 heavy (non-hydrogen) atoms. The van der Waals surface area contributed by atoms with E-state index in [1.54, 1.807) is 6.92 Å². The Labute approximate surface area is 173 Å². The highest BCUT2D eigenvalue weighted by molar-refractivity contribution is 5.94. The molecule has 1 heterocycles. The van der Waals surface area contributed by atoms with Crippen LogP contribution in [0.5, 0.6) is 5.75 Å². The van der Waals surface area contributed by atoms with Crippen LogP contribution in [0.15, 0.2) is 48.5 Å². The summed E-state index contributed by atoms with van der Waals surface area (Å²) in [4.78, 5) is 26.5.